The fourth-order valence-corrected chi connectivity index (χ4v) is 1.87. The number of hydrogen-bond donors (Lipinski definition) is 1. The summed E-state index contributed by atoms with van der Waals surface area (Å²) in [4.78, 5) is 7.48. The van der Waals surface area contributed by atoms with Crippen molar-refractivity contribution in [3.05, 3.63) is 45.6 Å². The first-order valence-electron chi connectivity index (χ1n) is 5.33. The zero-order valence-corrected chi connectivity index (χ0v) is 10.8. The first-order chi connectivity index (χ1) is 7.99. The van der Waals surface area contributed by atoms with E-state index < -0.39 is 0 Å². The quantitative estimate of drug-likeness (QED) is 0.776. The normalized spacial score (nSPS) is 10.6. The summed E-state index contributed by atoms with van der Waals surface area (Å²) in [5, 5.41) is 0. The molecule has 0 radical (unpaired) electrons. The Balaban J connectivity index is 2.64. The minimum atomic E-state index is -0.239. The molecule has 1 aromatic heterocycles. The Bertz CT molecular complexity index is 632. The van der Waals surface area contributed by atoms with Gasteiger partial charge in [0.25, 0.3) is 0 Å². The summed E-state index contributed by atoms with van der Waals surface area (Å²) in [7, 11) is 0. The molecule has 0 bridgehead atoms. The molecule has 0 fully saturated rings. The van der Waals surface area contributed by atoms with Crippen LogP contribution in [0.2, 0.25) is 0 Å². The van der Waals surface area contributed by atoms with Gasteiger partial charge < -0.3 is 4.98 Å². The topological polar surface area (TPSA) is 28.7 Å². The number of H-pyrrole nitrogens is 1. The molecule has 0 saturated carbocycles. The molecule has 2 rings (SSSR count). The van der Waals surface area contributed by atoms with Crippen LogP contribution in [0.15, 0.2) is 18.2 Å². The number of halogens is 1. The first-order valence-corrected chi connectivity index (χ1v) is 5.74. The number of benzene rings is 1. The average Bonchev–Trinajstić information content (AvgIpc) is 2.27. The summed E-state index contributed by atoms with van der Waals surface area (Å²) in [5.74, 6) is -0.239. The van der Waals surface area contributed by atoms with Crippen LogP contribution in [-0.4, -0.2) is 9.97 Å². The van der Waals surface area contributed by atoms with Gasteiger partial charge in [-0.1, -0.05) is 24.4 Å². The Morgan fingerprint density at radius 1 is 1.24 bits per heavy atom. The highest BCUT2D eigenvalue weighted by Crippen LogP contribution is 2.21. The third kappa shape index (κ3) is 2.26. The van der Waals surface area contributed by atoms with Gasteiger partial charge in [0.05, 0.1) is 5.69 Å². The summed E-state index contributed by atoms with van der Waals surface area (Å²) >= 11 is 5.22. The van der Waals surface area contributed by atoms with Crippen molar-refractivity contribution >= 4 is 12.2 Å². The van der Waals surface area contributed by atoms with Crippen LogP contribution in [0.5, 0.6) is 0 Å². The number of rotatable bonds is 1. The van der Waals surface area contributed by atoms with E-state index in [0.29, 0.717) is 21.5 Å². The van der Waals surface area contributed by atoms with Gasteiger partial charge in [-0.25, -0.2) is 9.37 Å². The fraction of sp³-hybridized carbons (Fsp3) is 0.231. The molecular weight excluding hydrogens is 235 g/mol. The zero-order chi connectivity index (χ0) is 12.6. The van der Waals surface area contributed by atoms with Gasteiger partial charge in [-0.2, -0.15) is 0 Å². The van der Waals surface area contributed by atoms with Crippen molar-refractivity contribution in [3.8, 4) is 11.3 Å². The minimum Gasteiger partial charge on any atom is -0.347 e. The zero-order valence-electron chi connectivity index (χ0n) is 9.97. The van der Waals surface area contributed by atoms with Crippen molar-refractivity contribution in [2.75, 3.05) is 0 Å². The molecule has 0 amide bonds. The molecule has 17 heavy (non-hydrogen) atoms. The summed E-state index contributed by atoms with van der Waals surface area (Å²) in [6, 6.07) is 5.03. The van der Waals surface area contributed by atoms with Gasteiger partial charge in [0, 0.05) is 11.3 Å². The van der Waals surface area contributed by atoms with Gasteiger partial charge in [-0.05, 0) is 32.4 Å². The third-order valence-corrected chi connectivity index (χ3v) is 3.08. The Morgan fingerprint density at radius 3 is 2.59 bits per heavy atom. The molecule has 0 aliphatic carbocycles. The van der Waals surface area contributed by atoms with Crippen molar-refractivity contribution in [2.45, 2.75) is 20.8 Å². The third-order valence-electron chi connectivity index (χ3n) is 2.78. The van der Waals surface area contributed by atoms with Gasteiger partial charge in [0.15, 0.2) is 0 Å². The predicted molar refractivity (Wildman–Crippen MR) is 69.0 cm³/mol. The highest BCUT2D eigenvalue weighted by atomic mass is 32.1. The molecule has 1 heterocycles. The number of nitrogens with zero attached hydrogens (tertiary/aromatic N) is 1. The minimum absolute atomic E-state index is 0.239. The Labute approximate surface area is 105 Å². The molecule has 1 aromatic carbocycles. The van der Waals surface area contributed by atoms with E-state index in [-0.39, 0.29) is 5.82 Å². The van der Waals surface area contributed by atoms with Crippen molar-refractivity contribution in [1.82, 2.24) is 9.97 Å². The van der Waals surface area contributed by atoms with Crippen LogP contribution in [0.4, 0.5) is 4.39 Å². The van der Waals surface area contributed by atoms with Crippen LogP contribution in [0.25, 0.3) is 11.3 Å². The Kier molecular flexibility index (Phi) is 3.07. The van der Waals surface area contributed by atoms with Crippen molar-refractivity contribution in [1.29, 1.82) is 0 Å². The molecule has 0 atom stereocenters. The van der Waals surface area contributed by atoms with E-state index in [9.17, 15) is 4.39 Å². The first kappa shape index (κ1) is 11.9. The van der Waals surface area contributed by atoms with Crippen LogP contribution >= 0.6 is 12.2 Å². The summed E-state index contributed by atoms with van der Waals surface area (Å²) in [5.41, 5.74) is 3.76. The Morgan fingerprint density at radius 2 is 1.94 bits per heavy atom. The number of nitrogens with one attached hydrogen (secondary N) is 1. The molecule has 0 saturated heterocycles. The van der Waals surface area contributed by atoms with Gasteiger partial charge in [-0.3, -0.25) is 0 Å². The maximum atomic E-state index is 13.5. The highest BCUT2D eigenvalue weighted by molar-refractivity contribution is 7.71. The average molecular weight is 248 g/mol. The van der Waals surface area contributed by atoms with E-state index in [4.69, 9.17) is 12.2 Å². The lowest BCUT2D eigenvalue weighted by molar-refractivity contribution is 0.619. The SMILES string of the molecule is Cc1ccc(-c2nc(C)c(C)[nH]c2=S)cc1F. The lowest BCUT2D eigenvalue weighted by Gasteiger charge is -2.06. The molecule has 0 spiro atoms. The van der Waals surface area contributed by atoms with Crippen LogP contribution in [0.1, 0.15) is 17.0 Å². The van der Waals surface area contributed by atoms with Crippen LogP contribution in [0, 0.1) is 31.2 Å². The smallest absolute Gasteiger partial charge is 0.130 e. The van der Waals surface area contributed by atoms with E-state index in [0.717, 1.165) is 11.4 Å². The van der Waals surface area contributed by atoms with Gasteiger partial charge in [0.2, 0.25) is 0 Å². The molecule has 2 nitrogen and oxygen atoms in total. The number of aromatic nitrogens is 2. The molecule has 4 heteroatoms. The monoisotopic (exact) mass is 248 g/mol. The van der Waals surface area contributed by atoms with Crippen molar-refractivity contribution in [3.63, 3.8) is 0 Å². The molecule has 1 N–H and O–H groups in total. The number of aryl methyl sites for hydroxylation is 3. The maximum absolute atomic E-state index is 13.5. The second-order valence-electron chi connectivity index (χ2n) is 4.09. The maximum Gasteiger partial charge on any atom is 0.130 e. The largest absolute Gasteiger partial charge is 0.347 e. The van der Waals surface area contributed by atoms with E-state index in [1.807, 2.05) is 19.9 Å². The van der Waals surface area contributed by atoms with E-state index in [2.05, 4.69) is 9.97 Å². The fourth-order valence-electron chi connectivity index (χ4n) is 1.56. The molecule has 88 valence electrons. The second-order valence-corrected chi connectivity index (χ2v) is 4.50. The van der Waals surface area contributed by atoms with Crippen LogP contribution in [-0.2, 0) is 0 Å². The molecule has 0 aliphatic rings. The molecule has 0 unspecified atom stereocenters. The summed E-state index contributed by atoms with van der Waals surface area (Å²) in [6.07, 6.45) is 0. The molecule has 0 aliphatic heterocycles. The molecular formula is C13H13FN2S. The van der Waals surface area contributed by atoms with E-state index in [1.54, 1.807) is 13.0 Å². The lowest BCUT2D eigenvalue weighted by Crippen LogP contribution is -1.96. The van der Waals surface area contributed by atoms with Crippen LogP contribution in [0.3, 0.4) is 0 Å². The van der Waals surface area contributed by atoms with Gasteiger partial charge in [0.1, 0.15) is 16.2 Å². The standard InChI is InChI=1S/C13H13FN2S/c1-7-4-5-10(6-11(7)14)12-13(17)16-9(3)8(2)15-12/h4-6H,1-3H3,(H,16,17). The highest BCUT2D eigenvalue weighted by Gasteiger charge is 2.07. The van der Waals surface area contributed by atoms with E-state index in [1.165, 1.54) is 6.07 Å². The lowest BCUT2D eigenvalue weighted by atomic mass is 10.1. The predicted octanol–water partition coefficient (Wildman–Crippen LogP) is 3.87. The second kappa shape index (κ2) is 4.37. The summed E-state index contributed by atoms with van der Waals surface area (Å²) < 4.78 is 14.0. The van der Waals surface area contributed by atoms with E-state index >= 15 is 0 Å². The summed E-state index contributed by atoms with van der Waals surface area (Å²) in [6.45, 7) is 5.54. The van der Waals surface area contributed by atoms with Gasteiger partial charge >= 0.3 is 0 Å². The molecule has 2 aromatic rings. The van der Waals surface area contributed by atoms with Gasteiger partial charge in [-0.15, -0.1) is 0 Å². The van der Waals surface area contributed by atoms with Crippen molar-refractivity contribution < 1.29 is 4.39 Å². The van der Waals surface area contributed by atoms with Crippen molar-refractivity contribution in [2.24, 2.45) is 0 Å². The number of hydrogen-bond acceptors (Lipinski definition) is 2. The number of aromatic amines is 1. The Hall–Kier alpha value is -1.55. The van der Waals surface area contributed by atoms with Crippen LogP contribution < -0.4 is 0 Å².